The summed E-state index contributed by atoms with van der Waals surface area (Å²) in [6.45, 7) is 7.04. The number of hydrogen-bond acceptors (Lipinski definition) is 6. The molecule has 0 saturated carbocycles. The van der Waals surface area contributed by atoms with Crippen molar-refractivity contribution in [2.45, 2.75) is 39.2 Å². The summed E-state index contributed by atoms with van der Waals surface area (Å²) < 4.78 is 5.78. The Hall–Kier alpha value is -2.37. The second kappa shape index (κ2) is 7.59. The van der Waals surface area contributed by atoms with Crippen molar-refractivity contribution in [3.8, 4) is 5.75 Å². The summed E-state index contributed by atoms with van der Waals surface area (Å²) >= 11 is 0. The molecule has 1 aromatic heterocycles. The largest absolute Gasteiger partial charge is 0.491 e. The summed E-state index contributed by atoms with van der Waals surface area (Å²) in [6, 6.07) is 8.20. The van der Waals surface area contributed by atoms with Gasteiger partial charge in [-0.3, -0.25) is 0 Å². The molecule has 0 aliphatic heterocycles. The van der Waals surface area contributed by atoms with Crippen molar-refractivity contribution in [2.24, 2.45) is 0 Å². The summed E-state index contributed by atoms with van der Waals surface area (Å²) in [7, 11) is 0. The van der Waals surface area contributed by atoms with Gasteiger partial charge in [0.15, 0.2) is 0 Å². The Balaban J connectivity index is 1.90. The molecule has 0 aliphatic rings. The Bertz CT molecular complexity index is 587. The van der Waals surface area contributed by atoms with Crippen LogP contribution in [-0.4, -0.2) is 27.6 Å². The van der Waals surface area contributed by atoms with E-state index in [1.54, 1.807) is 0 Å². The van der Waals surface area contributed by atoms with Crippen LogP contribution in [0.2, 0.25) is 0 Å². The minimum Gasteiger partial charge on any atom is -0.491 e. The van der Waals surface area contributed by atoms with Crippen LogP contribution in [0.3, 0.4) is 0 Å². The maximum absolute atomic E-state index is 5.78. The smallest absolute Gasteiger partial charge is 0.227 e. The van der Waals surface area contributed by atoms with Crippen LogP contribution in [0, 0.1) is 0 Å². The monoisotopic (exact) mass is 301 g/mol. The number of nitrogens with one attached hydrogen (secondary N) is 1. The van der Waals surface area contributed by atoms with E-state index in [2.05, 4.69) is 53.2 Å². The molecular weight excluding hydrogens is 278 g/mol. The summed E-state index contributed by atoms with van der Waals surface area (Å²) in [5, 5.41) is 3.17. The third kappa shape index (κ3) is 4.58. The Morgan fingerprint density at radius 2 is 1.91 bits per heavy atom. The first kappa shape index (κ1) is 16.0. The first-order valence-corrected chi connectivity index (χ1v) is 7.53. The lowest BCUT2D eigenvalue weighted by Crippen LogP contribution is -2.13. The molecule has 0 saturated heterocycles. The molecule has 0 spiro atoms. The van der Waals surface area contributed by atoms with Crippen LogP contribution in [-0.2, 0) is 0 Å². The lowest BCUT2D eigenvalue weighted by atomic mass is 10.0. The van der Waals surface area contributed by atoms with E-state index in [4.69, 9.17) is 10.5 Å². The Morgan fingerprint density at radius 1 is 1.18 bits per heavy atom. The second-order valence-corrected chi connectivity index (χ2v) is 5.35. The van der Waals surface area contributed by atoms with Gasteiger partial charge in [-0.2, -0.15) is 4.98 Å². The molecule has 0 bridgehead atoms. The molecule has 3 N–H and O–H groups in total. The molecule has 118 valence electrons. The van der Waals surface area contributed by atoms with Crippen LogP contribution in [0.5, 0.6) is 5.75 Å². The molecule has 1 aromatic carbocycles. The number of aromatic nitrogens is 3. The maximum Gasteiger partial charge on any atom is 0.227 e. The molecule has 0 fully saturated rings. The summed E-state index contributed by atoms with van der Waals surface area (Å²) in [4.78, 5) is 11.8. The molecule has 2 aromatic rings. The lowest BCUT2D eigenvalue weighted by Gasteiger charge is -2.15. The molecule has 2 rings (SSSR count). The van der Waals surface area contributed by atoms with E-state index < -0.39 is 0 Å². The van der Waals surface area contributed by atoms with E-state index in [9.17, 15) is 0 Å². The van der Waals surface area contributed by atoms with Crippen LogP contribution >= 0.6 is 0 Å². The summed E-state index contributed by atoms with van der Waals surface area (Å²) in [5.74, 6) is 1.94. The van der Waals surface area contributed by atoms with Crippen LogP contribution < -0.4 is 15.8 Å². The fraction of sp³-hybridized carbons (Fsp3) is 0.438. The highest BCUT2D eigenvalue weighted by Gasteiger charge is 2.08. The molecule has 0 aliphatic carbocycles. The third-order valence-electron chi connectivity index (χ3n) is 3.52. The first-order valence-electron chi connectivity index (χ1n) is 7.53. The van der Waals surface area contributed by atoms with Gasteiger partial charge in [0.2, 0.25) is 11.9 Å². The van der Waals surface area contributed by atoms with Gasteiger partial charge in [-0.1, -0.05) is 26.0 Å². The fourth-order valence-corrected chi connectivity index (χ4v) is 1.95. The van der Waals surface area contributed by atoms with E-state index in [1.807, 2.05) is 12.1 Å². The average Bonchev–Trinajstić information content (AvgIpc) is 2.53. The highest BCUT2D eigenvalue weighted by molar-refractivity contribution is 5.32. The zero-order chi connectivity index (χ0) is 15.9. The third-order valence-corrected chi connectivity index (χ3v) is 3.52. The van der Waals surface area contributed by atoms with Gasteiger partial charge < -0.3 is 15.8 Å². The van der Waals surface area contributed by atoms with Crippen LogP contribution in [0.15, 0.2) is 30.6 Å². The van der Waals surface area contributed by atoms with E-state index >= 15 is 0 Å². The first-order chi connectivity index (χ1) is 10.6. The molecule has 1 heterocycles. The van der Waals surface area contributed by atoms with Gasteiger partial charge in [-0.05, 0) is 37.0 Å². The normalized spacial score (nSPS) is 13.4. The number of ether oxygens (including phenoxy) is 1. The van der Waals surface area contributed by atoms with Crippen LogP contribution in [0.4, 0.5) is 11.9 Å². The van der Waals surface area contributed by atoms with Gasteiger partial charge in [-0.25, -0.2) is 9.97 Å². The quantitative estimate of drug-likeness (QED) is 0.818. The van der Waals surface area contributed by atoms with Crippen molar-refractivity contribution in [1.29, 1.82) is 0 Å². The van der Waals surface area contributed by atoms with Gasteiger partial charge in [0.1, 0.15) is 12.1 Å². The maximum atomic E-state index is 5.78. The second-order valence-electron chi connectivity index (χ2n) is 5.35. The van der Waals surface area contributed by atoms with Crippen molar-refractivity contribution >= 4 is 11.9 Å². The number of anilines is 2. The Labute approximate surface area is 131 Å². The van der Waals surface area contributed by atoms with Gasteiger partial charge in [0.25, 0.3) is 0 Å². The minimum atomic E-state index is 0.219. The van der Waals surface area contributed by atoms with Crippen LogP contribution in [0.25, 0.3) is 0 Å². The number of nitrogens with two attached hydrogens (primary N) is 1. The van der Waals surface area contributed by atoms with E-state index in [-0.39, 0.29) is 12.1 Å². The number of nitrogen functional groups attached to an aromatic ring is 1. The average molecular weight is 301 g/mol. The van der Waals surface area contributed by atoms with Gasteiger partial charge in [0, 0.05) is 6.54 Å². The van der Waals surface area contributed by atoms with E-state index in [1.165, 1.54) is 11.9 Å². The highest BCUT2D eigenvalue weighted by atomic mass is 16.5. The minimum absolute atomic E-state index is 0.219. The molecule has 22 heavy (non-hydrogen) atoms. The number of benzene rings is 1. The van der Waals surface area contributed by atoms with Crippen molar-refractivity contribution < 1.29 is 4.74 Å². The van der Waals surface area contributed by atoms with Crippen LogP contribution in [0.1, 0.15) is 38.7 Å². The molecule has 0 amide bonds. The SMILES string of the molecule is CCC(C)Oc1ccc(C(C)CNc2ncnc(N)n2)cc1. The zero-order valence-electron chi connectivity index (χ0n) is 13.3. The standard InChI is InChI=1S/C16H23N5O/c1-4-12(3)22-14-7-5-13(6-8-14)11(2)9-18-16-20-10-19-15(17)21-16/h5-8,10-12H,4,9H2,1-3H3,(H3,17,18,19,20,21). The predicted octanol–water partition coefficient (Wildman–Crippen LogP) is 2.85. The van der Waals surface area contributed by atoms with Gasteiger partial charge in [0.05, 0.1) is 6.10 Å². The van der Waals surface area contributed by atoms with Gasteiger partial charge >= 0.3 is 0 Å². The van der Waals surface area contributed by atoms with E-state index in [0.717, 1.165) is 18.7 Å². The van der Waals surface area contributed by atoms with Crippen molar-refractivity contribution in [3.05, 3.63) is 36.2 Å². The molecular formula is C16H23N5O. The topological polar surface area (TPSA) is 86.0 Å². The Morgan fingerprint density at radius 3 is 2.55 bits per heavy atom. The van der Waals surface area contributed by atoms with Crippen molar-refractivity contribution in [1.82, 2.24) is 15.0 Å². The predicted molar refractivity (Wildman–Crippen MR) is 88.0 cm³/mol. The Kier molecular flexibility index (Phi) is 5.52. The molecule has 2 atom stereocenters. The molecule has 6 heteroatoms. The lowest BCUT2D eigenvalue weighted by molar-refractivity contribution is 0.217. The fourth-order valence-electron chi connectivity index (χ4n) is 1.95. The highest BCUT2D eigenvalue weighted by Crippen LogP contribution is 2.20. The van der Waals surface area contributed by atoms with Crippen molar-refractivity contribution in [3.63, 3.8) is 0 Å². The zero-order valence-corrected chi connectivity index (χ0v) is 13.3. The molecule has 2 unspecified atom stereocenters. The molecule has 0 radical (unpaired) electrons. The number of rotatable bonds is 7. The van der Waals surface area contributed by atoms with E-state index in [0.29, 0.717) is 11.9 Å². The molecule has 6 nitrogen and oxygen atoms in total. The summed E-state index contributed by atoms with van der Waals surface area (Å²) in [6.07, 6.45) is 2.63. The number of hydrogen-bond donors (Lipinski definition) is 2. The summed E-state index contributed by atoms with van der Waals surface area (Å²) in [5.41, 5.74) is 6.76. The van der Waals surface area contributed by atoms with Crippen molar-refractivity contribution in [2.75, 3.05) is 17.6 Å². The van der Waals surface area contributed by atoms with Gasteiger partial charge in [-0.15, -0.1) is 0 Å². The number of nitrogens with zero attached hydrogens (tertiary/aromatic N) is 3.